The van der Waals surface area contributed by atoms with Gasteiger partial charge in [0.1, 0.15) is 11.6 Å². The van der Waals surface area contributed by atoms with E-state index in [9.17, 15) is 18.1 Å². The molecule has 1 unspecified atom stereocenters. The first-order valence-electron chi connectivity index (χ1n) is 5.07. The van der Waals surface area contributed by atoms with Gasteiger partial charge in [0.25, 0.3) is 5.79 Å². The van der Waals surface area contributed by atoms with Gasteiger partial charge in [0.15, 0.2) is 0 Å². The lowest BCUT2D eigenvalue weighted by atomic mass is 9.92. The number of carbonyl (C=O) groups excluding carboxylic acids is 1. The van der Waals surface area contributed by atoms with Gasteiger partial charge in [-0.05, 0) is 23.8 Å². The van der Waals surface area contributed by atoms with Gasteiger partial charge in [-0.1, -0.05) is 6.92 Å². The van der Waals surface area contributed by atoms with Crippen molar-refractivity contribution in [3.63, 3.8) is 0 Å². The summed E-state index contributed by atoms with van der Waals surface area (Å²) in [6.45, 7) is 1.40. The molecule has 3 aliphatic rings. The molecule has 0 amide bonds. The predicted molar refractivity (Wildman–Crippen MR) is 53.4 cm³/mol. The molecule has 5 nitrogen and oxygen atoms in total. The minimum absolute atomic E-state index is 0.111. The number of phosphoric ester groups is 1. The van der Waals surface area contributed by atoms with Crippen LogP contribution in [0.15, 0.2) is 18.2 Å². The zero-order valence-corrected chi connectivity index (χ0v) is 9.95. The highest BCUT2D eigenvalue weighted by Gasteiger charge is 2.75. The molecular weight excluding hydrogens is 269 g/mol. The minimum atomic E-state index is -3.79. The Kier molecular flexibility index (Phi) is 2.21. The molecule has 0 N–H and O–H groups in total. The van der Waals surface area contributed by atoms with Crippen LogP contribution in [0.5, 0.6) is 0 Å². The largest absolute Gasteiger partial charge is 0.538 e. The van der Waals surface area contributed by atoms with E-state index >= 15 is 0 Å². The van der Waals surface area contributed by atoms with Gasteiger partial charge in [0.2, 0.25) is 0 Å². The molecule has 0 aromatic heterocycles. The van der Waals surface area contributed by atoms with E-state index in [4.69, 9.17) is 9.05 Å². The van der Waals surface area contributed by atoms with Gasteiger partial charge in [0.05, 0.1) is 5.92 Å². The number of benzene rings is 1. The van der Waals surface area contributed by atoms with Crippen LogP contribution in [0.2, 0.25) is 0 Å². The summed E-state index contributed by atoms with van der Waals surface area (Å²) < 4.78 is 52.0. The molecular formula is C10H7F2O5P. The second kappa shape index (κ2) is 3.38. The van der Waals surface area contributed by atoms with Crippen molar-refractivity contribution in [2.24, 2.45) is 0 Å². The van der Waals surface area contributed by atoms with Crippen molar-refractivity contribution in [1.29, 1.82) is 0 Å². The van der Waals surface area contributed by atoms with Crippen LogP contribution in [0, 0.1) is 11.6 Å². The Labute approximate surface area is 100 Å². The van der Waals surface area contributed by atoms with E-state index < -0.39 is 37.1 Å². The Bertz CT molecular complexity index is 592. The lowest BCUT2D eigenvalue weighted by molar-refractivity contribution is -0.193. The quantitative estimate of drug-likeness (QED) is 0.776. The third-order valence-corrected chi connectivity index (χ3v) is 4.35. The van der Waals surface area contributed by atoms with Gasteiger partial charge in [-0.15, -0.1) is 0 Å². The third-order valence-electron chi connectivity index (χ3n) is 2.97. The highest BCUT2D eigenvalue weighted by molar-refractivity contribution is 7.51. The van der Waals surface area contributed by atoms with Crippen LogP contribution < -0.4 is 0 Å². The number of phosphoric acid groups is 1. The van der Waals surface area contributed by atoms with Crippen LogP contribution in [-0.2, 0) is 22.9 Å². The van der Waals surface area contributed by atoms with Gasteiger partial charge in [-0.2, -0.15) is 0 Å². The van der Waals surface area contributed by atoms with Crippen molar-refractivity contribution < 1.29 is 31.7 Å². The van der Waals surface area contributed by atoms with Gasteiger partial charge in [-0.25, -0.2) is 27.2 Å². The average Bonchev–Trinajstić information content (AvgIpc) is 2.67. The SMILES string of the molecule is CC(c1cc(F)ccc1F)C12OP(=O)(OC1=O)O2. The van der Waals surface area contributed by atoms with Crippen molar-refractivity contribution in [3.8, 4) is 0 Å². The number of hydrogen-bond acceptors (Lipinski definition) is 5. The number of fused-ring (bicyclic) bond motifs is 1. The molecule has 18 heavy (non-hydrogen) atoms. The standard InChI is InChI=1S/C10H7F2O5P/c1-5(7-4-6(11)2-3-8(7)12)10-9(13)15-18(14,16-10)17-10/h2-5H,1H3. The van der Waals surface area contributed by atoms with E-state index in [0.29, 0.717) is 0 Å². The molecule has 3 saturated heterocycles. The zero-order valence-electron chi connectivity index (χ0n) is 9.05. The second-order valence-corrected chi connectivity index (χ2v) is 5.51. The maximum Gasteiger partial charge on any atom is 0.538 e. The maximum atomic E-state index is 13.6. The van der Waals surface area contributed by atoms with Crippen molar-refractivity contribution in [3.05, 3.63) is 35.4 Å². The molecule has 0 spiro atoms. The Balaban J connectivity index is 2.01. The maximum absolute atomic E-state index is 13.6. The second-order valence-electron chi connectivity index (χ2n) is 4.06. The summed E-state index contributed by atoms with van der Waals surface area (Å²) in [5, 5.41) is 0. The summed E-state index contributed by atoms with van der Waals surface area (Å²) in [6.07, 6.45) is 0. The average molecular weight is 276 g/mol. The molecule has 8 heteroatoms. The van der Waals surface area contributed by atoms with E-state index in [1.54, 1.807) is 0 Å². The van der Waals surface area contributed by atoms with E-state index in [2.05, 4.69) is 4.52 Å². The minimum Gasteiger partial charge on any atom is -0.366 e. The number of carbonyl (C=O) groups is 1. The summed E-state index contributed by atoms with van der Waals surface area (Å²) >= 11 is 0. The van der Waals surface area contributed by atoms with E-state index in [-0.39, 0.29) is 5.56 Å². The lowest BCUT2D eigenvalue weighted by Crippen LogP contribution is -2.46. The van der Waals surface area contributed by atoms with Crippen LogP contribution in [0.3, 0.4) is 0 Å². The molecule has 2 bridgehead atoms. The van der Waals surface area contributed by atoms with Gasteiger partial charge < -0.3 is 4.52 Å². The Morgan fingerprint density at radius 2 is 2.00 bits per heavy atom. The van der Waals surface area contributed by atoms with Crippen LogP contribution in [-0.4, -0.2) is 11.8 Å². The molecule has 1 aromatic carbocycles. The summed E-state index contributed by atoms with van der Waals surface area (Å²) in [5.41, 5.74) is -0.111. The first-order chi connectivity index (χ1) is 8.36. The molecule has 3 heterocycles. The lowest BCUT2D eigenvalue weighted by Gasteiger charge is -2.35. The van der Waals surface area contributed by atoms with E-state index in [0.717, 1.165) is 18.2 Å². The van der Waals surface area contributed by atoms with Gasteiger partial charge in [-0.3, -0.25) is 0 Å². The summed E-state index contributed by atoms with van der Waals surface area (Å²) in [4.78, 5) is 11.5. The van der Waals surface area contributed by atoms with Gasteiger partial charge in [0, 0.05) is 0 Å². The number of halogens is 2. The number of rotatable bonds is 2. The summed E-state index contributed by atoms with van der Waals surface area (Å²) in [7, 11) is -3.79. The molecule has 0 aliphatic carbocycles. The van der Waals surface area contributed by atoms with E-state index in [1.165, 1.54) is 6.92 Å². The monoisotopic (exact) mass is 276 g/mol. The van der Waals surface area contributed by atoms with Crippen molar-refractivity contribution in [1.82, 2.24) is 0 Å². The van der Waals surface area contributed by atoms with Crippen LogP contribution in [0.1, 0.15) is 18.4 Å². The van der Waals surface area contributed by atoms with Crippen LogP contribution >= 0.6 is 7.82 Å². The zero-order chi connectivity index (χ0) is 13.1. The van der Waals surface area contributed by atoms with E-state index in [1.807, 2.05) is 0 Å². The number of hydrogen-bond donors (Lipinski definition) is 0. The Hall–Kier alpha value is -1.30. The molecule has 3 aliphatic heterocycles. The van der Waals surface area contributed by atoms with Gasteiger partial charge >= 0.3 is 13.8 Å². The van der Waals surface area contributed by atoms with Crippen molar-refractivity contribution >= 4 is 13.8 Å². The fourth-order valence-corrected chi connectivity index (χ4v) is 3.55. The molecule has 1 aromatic rings. The summed E-state index contributed by atoms with van der Waals surface area (Å²) in [5.74, 6) is -5.27. The predicted octanol–water partition coefficient (Wildman–Crippen LogP) is 2.48. The highest BCUT2D eigenvalue weighted by atomic mass is 31.2. The van der Waals surface area contributed by atoms with Crippen LogP contribution in [0.4, 0.5) is 8.78 Å². The Morgan fingerprint density at radius 1 is 1.33 bits per heavy atom. The highest BCUT2D eigenvalue weighted by Crippen LogP contribution is 2.75. The molecule has 4 rings (SSSR count). The molecule has 1 atom stereocenters. The van der Waals surface area contributed by atoms with Crippen molar-refractivity contribution in [2.75, 3.05) is 0 Å². The molecule has 3 fully saturated rings. The Morgan fingerprint density at radius 3 is 2.56 bits per heavy atom. The smallest absolute Gasteiger partial charge is 0.366 e. The summed E-state index contributed by atoms with van der Waals surface area (Å²) in [6, 6.07) is 2.80. The van der Waals surface area contributed by atoms with Crippen LogP contribution in [0.25, 0.3) is 0 Å². The fourth-order valence-electron chi connectivity index (χ4n) is 2.00. The third kappa shape index (κ3) is 1.38. The molecule has 0 radical (unpaired) electrons. The topological polar surface area (TPSA) is 61.8 Å². The normalized spacial score (nSPS) is 34.9. The fraction of sp³-hybridized carbons (Fsp3) is 0.300. The molecule has 0 saturated carbocycles. The molecule has 96 valence electrons. The first-order valence-corrected chi connectivity index (χ1v) is 6.53. The first kappa shape index (κ1) is 11.8. The van der Waals surface area contributed by atoms with Crippen molar-refractivity contribution in [2.45, 2.75) is 18.6 Å².